The Hall–Kier alpha value is -2.57. The number of rotatable bonds is 7. The largest absolute Gasteiger partial charge is 0.466 e. The number of nitrogens with zero attached hydrogens (tertiary/aromatic N) is 3. The molecule has 2 heterocycles. The van der Waals surface area contributed by atoms with Crippen LogP contribution in [0, 0.1) is 18.8 Å². The van der Waals surface area contributed by atoms with Crippen molar-refractivity contribution in [1.82, 2.24) is 14.7 Å². The van der Waals surface area contributed by atoms with Crippen molar-refractivity contribution in [3.63, 3.8) is 0 Å². The van der Waals surface area contributed by atoms with Crippen LogP contribution in [0.5, 0.6) is 0 Å². The van der Waals surface area contributed by atoms with Gasteiger partial charge in [-0.1, -0.05) is 0 Å². The molecule has 0 radical (unpaired) electrons. The third kappa shape index (κ3) is 3.92. The zero-order chi connectivity index (χ0) is 18.0. The van der Waals surface area contributed by atoms with Crippen LogP contribution in [-0.4, -0.2) is 39.7 Å². The highest BCUT2D eigenvalue weighted by atomic mass is 16.5. The van der Waals surface area contributed by atoms with Crippen LogP contribution in [-0.2, 0) is 23.1 Å². The minimum absolute atomic E-state index is 0.114. The number of aromatic nitrogens is 2. The lowest BCUT2D eigenvalue weighted by atomic mass is 10.2. The molecule has 2 aromatic rings. The molecule has 7 nitrogen and oxygen atoms in total. The van der Waals surface area contributed by atoms with E-state index in [1.54, 1.807) is 28.6 Å². The molecule has 3 rings (SSSR count). The van der Waals surface area contributed by atoms with Crippen LogP contribution in [0.2, 0.25) is 0 Å². The lowest BCUT2D eigenvalue weighted by Gasteiger charge is -2.20. The maximum Gasteiger partial charge on any atom is 0.309 e. The fourth-order valence-corrected chi connectivity index (χ4v) is 2.95. The lowest BCUT2D eigenvalue weighted by molar-refractivity contribution is -0.145. The zero-order valence-corrected chi connectivity index (χ0v) is 14.8. The normalized spacial score (nSPS) is 18.8. The molecule has 1 fully saturated rings. The van der Waals surface area contributed by atoms with E-state index in [1.165, 1.54) is 6.26 Å². The van der Waals surface area contributed by atoms with Crippen molar-refractivity contribution in [2.45, 2.75) is 26.8 Å². The second kappa shape index (κ2) is 7.13. The van der Waals surface area contributed by atoms with Gasteiger partial charge in [0.1, 0.15) is 0 Å². The molecule has 0 aromatic carbocycles. The summed E-state index contributed by atoms with van der Waals surface area (Å²) in [6.45, 7) is 5.01. The summed E-state index contributed by atoms with van der Waals surface area (Å²) >= 11 is 0. The molecule has 0 N–H and O–H groups in total. The summed E-state index contributed by atoms with van der Waals surface area (Å²) in [6.07, 6.45) is 2.23. The number of hydrogen-bond donors (Lipinski definition) is 0. The summed E-state index contributed by atoms with van der Waals surface area (Å²) in [7, 11) is 1.87. The summed E-state index contributed by atoms with van der Waals surface area (Å²) in [5, 5.41) is 4.43. The SMILES string of the molecule is CCOC(=O)[C@@H]1C[C@H]1CN(Cc1cc(C)n(C)n1)C(=O)c1ccco1. The first-order valence-corrected chi connectivity index (χ1v) is 8.48. The van der Waals surface area contributed by atoms with Gasteiger partial charge in [0, 0.05) is 19.3 Å². The lowest BCUT2D eigenvalue weighted by Crippen LogP contribution is -2.33. The number of ether oxygens (including phenoxy) is 1. The van der Waals surface area contributed by atoms with Gasteiger partial charge in [-0.05, 0) is 44.4 Å². The average Bonchev–Trinajstić information content (AvgIpc) is 2.99. The van der Waals surface area contributed by atoms with E-state index >= 15 is 0 Å². The summed E-state index contributed by atoms with van der Waals surface area (Å²) in [6, 6.07) is 5.29. The highest BCUT2D eigenvalue weighted by Crippen LogP contribution is 2.40. The second-order valence-electron chi connectivity index (χ2n) is 6.42. The smallest absolute Gasteiger partial charge is 0.309 e. The monoisotopic (exact) mass is 345 g/mol. The molecule has 1 saturated carbocycles. The molecule has 2 atom stereocenters. The molecule has 0 unspecified atom stereocenters. The molecule has 0 spiro atoms. The fourth-order valence-electron chi connectivity index (χ4n) is 2.95. The standard InChI is InChI=1S/C18H23N3O4/c1-4-24-18(23)15-9-13(15)10-21(17(22)16-6-5-7-25-16)11-14-8-12(2)20(3)19-14/h5-8,13,15H,4,9-11H2,1-3H3/t13-,15+/m0/s1. The average molecular weight is 345 g/mol. The summed E-state index contributed by atoms with van der Waals surface area (Å²) in [5.74, 6) is -0.0597. The Labute approximate surface area is 146 Å². The Morgan fingerprint density at radius 2 is 2.28 bits per heavy atom. The summed E-state index contributed by atoms with van der Waals surface area (Å²) in [4.78, 5) is 26.3. The van der Waals surface area contributed by atoms with Gasteiger partial charge in [-0.15, -0.1) is 0 Å². The second-order valence-corrected chi connectivity index (χ2v) is 6.42. The van der Waals surface area contributed by atoms with Gasteiger partial charge in [-0.3, -0.25) is 14.3 Å². The van der Waals surface area contributed by atoms with E-state index in [0.717, 1.165) is 17.8 Å². The van der Waals surface area contributed by atoms with Gasteiger partial charge in [0.15, 0.2) is 5.76 Å². The van der Waals surface area contributed by atoms with Crippen molar-refractivity contribution in [2.24, 2.45) is 18.9 Å². The molecule has 134 valence electrons. The molecule has 0 bridgehead atoms. The number of aryl methyl sites for hydroxylation is 2. The van der Waals surface area contributed by atoms with Crippen LogP contribution in [0.4, 0.5) is 0 Å². The van der Waals surface area contributed by atoms with Crippen LogP contribution in [0.25, 0.3) is 0 Å². The van der Waals surface area contributed by atoms with Crippen molar-refractivity contribution in [1.29, 1.82) is 0 Å². The molecule has 0 aliphatic heterocycles. The van der Waals surface area contributed by atoms with Crippen LogP contribution in [0.15, 0.2) is 28.9 Å². The van der Waals surface area contributed by atoms with Crippen LogP contribution >= 0.6 is 0 Å². The van der Waals surface area contributed by atoms with Crippen LogP contribution < -0.4 is 0 Å². The molecule has 7 heteroatoms. The maximum absolute atomic E-state index is 12.7. The molecule has 2 aromatic heterocycles. The maximum atomic E-state index is 12.7. The third-order valence-corrected chi connectivity index (χ3v) is 4.50. The third-order valence-electron chi connectivity index (χ3n) is 4.50. The molecular weight excluding hydrogens is 322 g/mol. The van der Waals surface area contributed by atoms with Crippen molar-refractivity contribution in [2.75, 3.05) is 13.2 Å². The van der Waals surface area contributed by atoms with Crippen molar-refractivity contribution >= 4 is 11.9 Å². The first kappa shape index (κ1) is 17.3. The minimum Gasteiger partial charge on any atom is -0.466 e. The van der Waals surface area contributed by atoms with Crippen LogP contribution in [0.3, 0.4) is 0 Å². The van der Waals surface area contributed by atoms with Crippen molar-refractivity contribution in [3.05, 3.63) is 41.6 Å². The first-order valence-electron chi connectivity index (χ1n) is 8.48. The summed E-state index contributed by atoms with van der Waals surface area (Å²) < 4.78 is 12.1. The van der Waals surface area contributed by atoms with E-state index in [9.17, 15) is 9.59 Å². The number of esters is 1. The number of carbonyl (C=O) groups excluding carboxylic acids is 2. The predicted octanol–water partition coefficient (Wildman–Crippen LogP) is 2.16. The van der Waals surface area contributed by atoms with Crippen molar-refractivity contribution < 1.29 is 18.7 Å². The number of hydrogen-bond acceptors (Lipinski definition) is 5. The Kier molecular flexibility index (Phi) is 4.92. The molecule has 0 saturated heterocycles. The van der Waals surface area contributed by atoms with Gasteiger partial charge in [0.25, 0.3) is 5.91 Å². The van der Waals surface area contributed by atoms with E-state index in [2.05, 4.69) is 5.10 Å². The highest BCUT2D eigenvalue weighted by molar-refractivity contribution is 5.91. The summed E-state index contributed by atoms with van der Waals surface area (Å²) in [5.41, 5.74) is 1.84. The molecule has 25 heavy (non-hydrogen) atoms. The van der Waals surface area contributed by atoms with Gasteiger partial charge in [-0.25, -0.2) is 0 Å². The van der Waals surface area contributed by atoms with Crippen LogP contribution in [0.1, 0.15) is 35.3 Å². The Morgan fingerprint density at radius 3 is 2.88 bits per heavy atom. The number of carbonyl (C=O) groups is 2. The van der Waals surface area contributed by atoms with Gasteiger partial charge in [0.2, 0.25) is 0 Å². The zero-order valence-electron chi connectivity index (χ0n) is 14.8. The minimum atomic E-state index is -0.192. The Balaban J connectivity index is 1.71. The number of furan rings is 1. The van der Waals surface area contributed by atoms with Gasteiger partial charge in [-0.2, -0.15) is 5.10 Å². The first-order chi connectivity index (χ1) is 12.0. The Bertz CT molecular complexity index is 731. The van der Waals surface area contributed by atoms with Crippen molar-refractivity contribution in [3.8, 4) is 0 Å². The molecular formula is C18H23N3O4. The van der Waals surface area contributed by atoms with E-state index in [1.807, 2.05) is 20.0 Å². The van der Waals surface area contributed by atoms with Gasteiger partial charge in [0.05, 0.1) is 31.0 Å². The quantitative estimate of drug-likeness (QED) is 0.719. The fraction of sp³-hybridized carbons (Fsp3) is 0.500. The predicted molar refractivity (Wildman–Crippen MR) is 89.6 cm³/mol. The van der Waals surface area contributed by atoms with E-state index in [-0.39, 0.29) is 23.7 Å². The van der Waals surface area contributed by atoms with Gasteiger partial charge >= 0.3 is 5.97 Å². The highest BCUT2D eigenvalue weighted by Gasteiger charge is 2.45. The topological polar surface area (TPSA) is 77.6 Å². The van der Waals surface area contributed by atoms with E-state index in [4.69, 9.17) is 9.15 Å². The molecule has 1 amide bonds. The van der Waals surface area contributed by atoms with E-state index in [0.29, 0.717) is 25.5 Å². The molecule has 1 aliphatic carbocycles. The van der Waals surface area contributed by atoms with Gasteiger partial charge < -0.3 is 14.1 Å². The van der Waals surface area contributed by atoms with E-state index < -0.39 is 0 Å². The Morgan fingerprint density at radius 1 is 1.48 bits per heavy atom. The molecule has 1 aliphatic rings. The number of amides is 1.